The smallest absolute Gasteiger partial charge is 0.254 e. The van der Waals surface area contributed by atoms with Crippen LogP contribution in [0.5, 0.6) is 0 Å². The number of nitrogens with zero attached hydrogens (tertiary/aromatic N) is 6. The zero-order chi connectivity index (χ0) is 60.2. The number of benzene rings is 7. The van der Waals surface area contributed by atoms with Gasteiger partial charge in [0, 0.05) is 65.6 Å². The molecule has 10 aromatic rings. The maximum atomic E-state index is 6.06. The predicted molar refractivity (Wildman–Crippen MR) is 373 cm³/mol. The number of aromatic nitrogens is 2. The summed E-state index contributed by atoms with van der Waals surface area (Å²) in [7, 11) is -1.22. The Bertz CT molecular complexity index is 4540. The predicted octanol–water partition coefficient (Wildman–Crippen LogP) is 20.1. The summed E-state index contributed by atoms with van der Waals surface area (Å²) in [4.78, 5) is 25.1. The van der Waals surface area contributed by atoms with Crippen LogP contribution < -0.4 is 36.0 Å². The summed E-state index contributed by atoms with van der Waals surface area (Å²) < 4.78 is 2.72. The first-order valence-electron chi connectivity index (χ1n) is 31.7. The van der Waals surface area contributed by atoms with Gasteiger partial charge in [-0.3, -0.25) is 9.80 Å². The third kappa shape index (κ3) is 8.06. The Balaban J connectivity index is 1.01. The lowest BCUT2D eigenvalue weighted by atomic mass is 9.33. The van der Waals surface area contributed by atoms with E-state index in [4.69, 9.17) is 9.97 Å². The molecule has 87 heavy (non-hydrogen) atoms. The molecule has 0 spiro atoms. The van der Waals surface area contributed by atoms with Gasteiger partial charge >= 0.3 is 0 Å². The van der Waals surface area contributed by atoms with E-state index < -0.39 is 10.9 Å². The number of rotatable bonds is 4. The average Bonchev–Trinajstić information content (AvgIpc) is 1.58. The normalized spacial score (nSPS) is 19.1. The number of hydrogen-bond acceptors (Lipinski definition) is 7. The van der Waals surface area contributed by atoms with Gasteiger partial charge in [0.15, 0.2) is 5.82 Å². The Morgan fingerprint density at radius 2 is 0.931 bits per heavy atom. The van der Waals surface area contributed by atoms with Gasteiger partial charge in [0.1, 0.15) is 5.82 Å². The van der Waals surface area contributed by atoms with E-state index in [9.17, 15) is 0 Å². The molecular weight excluding hydrogens is 1100 g/mol. The van der Waals surface area contributed by atoms with Crippen molar-refractivity contribution >= 4 is 124 Å². The second-order valence-corrected chi connectivity index (χ2v) is 33.9. The van der Waals surface area contributed by atoms with E-state index in [0.29, 0.717) is 0 Å². The van der Waals surface area contributed by atoms with E-state index in [0.717, 1.165) is 52.9 Å². The molecule has 0 saturated heterocycles. The summed E-state index contributed by atoms with van der Waals surface area (Å²) in [5.74, 6) is 2.06. The maximum Gasteiger partial charge on any atom is 0.254 e. The molecule has 4 aliphatic heterocycles. The Hall–Kier alpha value is -7.59. The minimum Gasteiger partial charge on any atom is -0.311 e. The molecule has 0 saturated carbocycles. The molecule has 0 amide bonds. The van der Waals surface area contributed by atoms with Crippen molar-refractivity contribution in [1.82, 2.24) is 9.97 Å². The summed E-state index contributed by atoms with van der Waals surface area (Å²) in [5, 5.41) is 1.28. The highest BCUT2D eigenvalue weighted by atomic mass is 32.2. The topological polar surface area (TPSA) is 38.7 Å². The van der Waals surface area contributed by atoms with Gasteiger partial charge in [-0.05, 0) is 165 Å². The van der Waals surface area contributed by atoms with Crippen LogP contribution in [0, 0.1) is 0 Å². The Labute approximate surface area is 522 Å². The van der Waals surface area contributed by atoms with E-state index in [1.165, 1.54) is 115 Å². The quantitative estimate of drug-likeness (QED) is 0.140. The van der Waals surface area contributed by atoms with E-state index in [-0.39, 0.29) is 39.2 Å². The Kier molecular flexibility index (Phi) is 11.6. The zero-order valence-electron chi connectivity index (χ0n) is 53.1. The van der Waals surface area contributed by atoms with Gasteiger partial charge in [0.2, 0.25) is 0 Å². The second-order valence-electron chi connectivity index (χ2n) is 30.4. The molecule has 1 unspecified atom stereocenters. The van der Waals surface area contributed by atoms with Gasteiger partial charge in [-0.2, -0.15) is 10.9 Å². The van der Waals surface area contributed by atoms with Gasteiger partial charge in [-0.25, -0.2) is 9.97 Å². The molecule has 6 aliphatic rings. The third-order valence-corrected chi connectivity index (χ3v) is 24.9. The highest BCUT2D eigenvalue weighted by molar-refractivity contribution is 8.19. The number of para-hydroxylation sites is 3. The van der Waals surface area contributed by atoms with Crippen LogP contribution in [-0.4, -0.2) is 16.7 Å². The Morgan fingerprint density at radius 1 is 0.425 bits per heavy atom. The SMILES string of the molecule is CC(C)(C)c1cc2c3c(n1)N(c1ccc4c(c1)C(C)(C)CCC4(C)C)c1ccccc1B3c1cc3c(cc1N2c1ccccc1)N(c1ccccc1)c1cc(C(C)(C)C)nc2c1[SH]3c1sc3ccccc3c1N2c1ccc2c(c1)C(C)(C)CCC2(C)C. The fraction of sp³-hybridized carbons (Fsp3) is 0.308. The molecule has 7 aromatic carbocycles. The van der Waals surface area contributed by atoms with Crippen LogP contribution >= 0.6 is 22.2 Å². The van der Waals surface area contributed by atoms with Crippen molar-refractivity contribution in [3.8, 4) is 0 Å². The number of thiol groups is 1. The molecule has 3 aromatic heterocycles. The van der Waals surface area contributed by atoms with Crippen molar-refractivity contribution in [2.75, 3.05) is 19.6 Å². The van der Waals surface area contributed by atoms with Crippen molar-refractivity contribution in [3.63, 3.8) is 0 Å². The first-order valence-corrected chi connectivity index (χ1v) is 33.9. The second kappa shape index (κ2) is 18.5. The van der Waals surface area contributed by atoms with Crippen molar-refractivity contribution in [1.29, 1.82) is 0 Å². The summed E-state index contributed by atoms with van der Waals surface area (Å²) in [6.07, 6.45) is 4.63. The van der Waals surface area contributed by atoms with Gasteiger partial charge in [0.05, 0.1) is 37.6 Å². The highest BCUT2D eigenvalue weighted by Crippen LogP contribution is 2.74. The fourth-order valence-electron chi connectivity index (χ4n) is 15.6. The van der Waals surface area contributed by atoms with Crippen LogP contribution in [-0.2, 0) is 32.5 Å². The van der Waals surface area contributed by atoms with Crippen LogP contribution in [0.2, 0.25) is 0 Å². The van der Waals surface area contributed by atoms with Crippen LogP contribution in [0.4, 0.5) is 68.5 Å². The first kappa shape index (κ1) is 54.8. The van der Waals surface area contributed by atoms with Crippen molar-refractivity contribution in [3.05, 3.63) is 203 Å². The molecule has 1 atom stereocenters. The van der Waals surface area contributed by atoms with E-state index >= 15 is 0 Å². The fourth-order valence-corrected chi connectivity index (χ4v) is 20.3. The number of anilines is 12. The lowest BCUT2D eigenvalue weighted by molar-refractivity contribution is 0.332. The third-order valence-electron chi connectivity index (χ3n) is 20.8. The molecule has 6 nitrogen and oxygen atoms in total. The molecule has 2 aliphatic carbocycles. The maximum absolute atomic E-state index is 6.06. The van der Waals surface area contributed by atoms with Gasteiger partial charge in [-0.1, -0.05) is 188 Å². The van der Waals surface area contributed by atoms with Crippen molar-refractivity contribution in [2.24, 2.45) is 0 Å². The first-order chi connectivity index (χ1) is 41.4. The number of fused-ring (bicyclic) bond motifs is 12. The average molecular weight is 1180 g/mol. The van der Waals surface area contributed by atoms with Crippen LogP contribution in [0.15, 0.2) is 184 Å². The number of hydrogen-bond donors (Lipinski definition) is 1. The summed E-state index contributed by atoms with van der Waals surface area (Å²) in [5.41, 5.74) is 23.3. The van der Waals surface area contributed by atoms with Crippen LogP contribution in [0.25, 0.3) is 10.1 Å². The van der Waals surface area contributed by atoms with Crippen LogP contribution in [0.1, 0.15) is 156 Å². The largest absolute Gasteiger partial charge is 0.311 e. The van der Waals surface area contributed by atoms with Gasteiger partial charge < -0.3 is 9.80 Å². The monoisotopic (exact) mass is 1170 g/mol. The molecule has 0 fully saturated rings. The lowest BCUT2D eigenvalue weighted by Gasteiger charge is -2.48. The van der Waals surface area contributed by atoms with Crippen molar-refractivity contribution in [2.45, 2.75) is 169 Å². The minimum absolute atomic E-state index is 0.0183. The molecular formula is C78H79BN6S2. The number of pyridine rings is 2. The summed E-state index contributed by atoms with van der Waals surface area (Å²) >= 11 is 1.99. The molecule has 7 heterocycles. The minimum atomic E-state index is -1.22. The number of thiophene rings is 1. The molecule has 16 rings (SSSR count). The van der Waals surface area contributed by atoms with E-state index in [2.05, 4.69) is 286 Å². The standard InChI is InChI=1S/C78H79BN6S2/c1-73(2,3)65-45-61-67-70(80-65)84(49-33-35-52-54(41-49)77(11,12)39-37-75(52,7)8)58-31-23-22-30-56(58)79(67)57-43-64-60(44-59(57)82(61)47-25-17-15-18-26-47)83(48-27-19-16-20-28-48)62-46-66(74(4,5)6)81-71-69(62)87(64)72-68(51-29-21-24-32-63(51)86-72)85(71)50-34-36-53-55(42-50)78(13,14)40-38-76(53,9)10/h15-36,41-46,87H,37-40H2,1-14H3. The van der Waals surface area contributed by atoms with E-state index in [1.54, 1.807) is 0 Å². The van der Waals surface area contributed by atoms with Crippen LogP contribution in [0.3, 0.4) is 0 Å². The molecule has 0 N–H and O–H groups in total. The van der Waals surface area contributed by atoms with Gasteiger partial charge in [-0.15, -0.1) is 11.3 Å². The molecule has 436 valence electrons. The molecule has 0 radical (unpaired) electrons. The highest BCUT2D eigenvalue weighted by Gasteiger charge is 2.50. The zero-order valence-corrected chi connectivity index (χ0v) is 54.8. The van der Waals surface area contributed by atoms with Gasteiger partial charge in [0.25, 0.3) is 6.71 Å². The Morgan fingerprint density at radius 3 is 1.53 bits per heavy atom. The lowest BCUT2D eigenvalue weighted by Crippen LogP contribution is -2.62. The van der Waals surface area contributed by atoms with Crippen molar-refractivity contribution < 1.29 is 0 Å². The summed E-state index contributed by atoms with van der Waals surface area (Å²) in [6, 6.07) is 65.9. The van der Waals surface area contributed by atoms with E-state index in [1.807, 2.05) is 11.3 Å². The summed E-state index contributed by atoms with van der Waals surface area (Å²) in [6.45, 7) is 33.4. The molecule has 0 bridgehead atoms. The molecule has 9 heteroatoms.